The number of nitrogens with zero attached hydrogens (tertiary/aromatic N) is 2. The number of rotatable bonds is 4. The van der Waals surface area contributed by atoms with Crippen LogP contribution in [0.25, 0.3) is 11.1 Å². The summed E-state index contributed by atoms with van der Waals surface area (Å²) in [5, 5.41) is 0. The van der Waals surface area contributed by atoms with Crippen molar-refractivity contribution in [1.29, 1.82) is 0 Å². The lowest BCUT2D eigenvalue weighted by Crippen LogP contribution is -2.34. The summed E-state index contributed by atoms with van der Waals surface area (Å²) >= 11 is 0. The second-order valence-corrected chi connectivity index (χ2v) is 8.26. The third-order valence-electron chi connectivity index (χ3n) is 6.41. The lowest BCUT2D eigenvalue weighted by Gasteiger charge is -2.28. The SMILES string of the molecule is CC(=O)N1CCc2cc(-c3ccc(CCN4CCC[C@H]4C)c(F)c3)ccc2C1. The molecular formula is C24H29FN2O. The zero-order valence-corrected chi connectivity index (χ0v) is 16.9. The van der Waals surface area contributed by atoms with Crippen LogP contribution in [0.4, 0.5) is 4.39 Å². The predicted octanol–water partition coefficient (Wildman–Crippen LogP) is 4.42. The van der Waals surface area contributed by atoms with Crippen LogP contribution in [0.2, 0.25) is 0 Å². The van der Waals surface area contributed by atoms with Crippen molar-refractivity contribution in [3.8, 4) is 11.1 Å². The minimum Gasteiger partial charge on any atom is -0.338 e. The predicted molar refractivity (Wildman–Crippen MR) is 111 cm³/mol. The zero-order valence-electron chi connectivity index (χ0n) is 16.9. The van der Waals surface area contributed by atoms with Gasteiger partial charge in [-0.1, -0.05) is 30.3 Å². The lowest BCUT2D eigenvalue weighted by atomic mass is 9.94. The Morgan fingerprint density at radius 3 is 2.61 bits per heavy atom. The Morgan fingerprint density at radius 2 is 1.89 bits per heavy atom. The van der Waals surface area contributed by atoms with Crippen LogP contribution in [-0.4, -0.2) is 41.4 Å². The molecular weight excluding hydrogens is 351 g/mol. The molecule has 2 aliphatic rings. The summed E-state index contributed by atoms with van der Waals surface area (Å²) in [6.07, 6.45) is 4.13. The molecule has 0 aliphatic carbocycles. The second-order valence-electron chi connectivity index (χ2n) is 8.26. The Hall–Kier alpha value is -2.20. The van der Waals surface area contributed by atoms with Gasteiger partial charge in [-0.15, -0.1) is 0 Å². The highest BCUT2D eigenvalue weighted by Gasteiger charge is 2.21. The zero-order chi connectivity index (χ0) is 19.7. The first kappa shape index (κ1) is 19.1. The first-order chi connectivity index (χ1) is 13.5. The van der Waals surface area contributed by atoms with Gasteiger partial charge in [0.2, 0.25) is 5.91 Å². The van der Waals surface area contributed by atoms with Crippen molar-refractivity contribution >= 4 is 5.91 Å². The molecule has 0 N–H and O–H groups in total. The molecule has 0 saturated carbocycles. The number of carbonyl (C=O) groups excluding carboxylic acids is 1. The van der Waals surface area contributed by atoms with Crippen molar-refractivity contribution < 1.29 is 9.18 Å². The molecule has 2 aliphatic heterocycles. The Balaban J connectivity index is 1.47. The number of likely N-dealkylation sites (tertiary alicyclic amines) is 1. The Labute approximate surface area is 167 Å². The number of amides is 1. The van der Waals surface area contributed by atoms with Gasteiger partial charge in [-0.25, -0.2) is 4.39 Å². The molecule has 28 heavy (non-hydrogen) atoms. The lowest BCUT2D eigenvalue weighted by molar-refractivity contribution is -0.129. The fraction of sp³-hybridized carbons (Fsp3) is 0.458. The van der Waals surface area contributed by atoms with E-state index in [1.165, 1.54) is 24.0 Å². The molecule has 1 saturated heterocycles. The van der Waals surface area contributed by atoms with Gasteiger partial charge in [0.1, 0.15) is 5.82 Å². The first-order valence-electron chi connectivity index (χ1n) is 10.4. The normalized spacial score (nSPS) is 19.7. The Kier molecular flexibility index (Phi) is 5.49. The molecule has 4 rings (SSSR count). The van der Waals surface area contributed by atoms with E-state index in [4.69, 9.17) is 0 Å². The molecule has 0 unspecified atom stereocenters. The summed E-state index contributed by atoms with van der Waals surface area (Å²) in [6, 6.07) is 12.6. The van der Waals surface area contributed by atoms with E-state index in [1.807, 2.05) is 23.1 Å². The molecule has 1 atom stereocenters. The fourth-order valence-corrected chi connectivity index (χ4v) is 4.52. The highest BCUT2D eigenvalue weighted by molar-refractivity contribution is 5.74. The maximum absolute atomic E-state index is 14.7. The van der Waals surface area contributed by atoms with Gasteiger partial charge in [0, 0.05) is 32.6 Å². The molecule has 0 bridgehead atoms. The van der Waals surface area contributed by atoms with Crippen LogP contribution < -0.4 is 0 Å². The van der Waals surface area contributed by atoms with E-state index in [9.17, 15) is 9.18 Å². The van der Waals surface area contributed by atoms with E-state index in [2.05, 4.69) is 24.0 Å². The van der Waals surface area contributed by atoms with Gasteiger partial charge in [0.25, 0.3) is 0 Å². The summed E-state index contributed by atoms with van der Waals surface area (Å²) in [5.74, 6) is 0.0144. The van der Waals surface area contributed by atoms with Crippen LogP contribution >= 0.6 is 0 Å². The van der Waals surface area contributed by atoms with Crippen molar-refractivity contribution in [2.45, 2.75) is 52.1 Å². The number of fused-ring (bicyclic) bond motifs is 1. The van der Waals surface area contributed by atoms with Crippen molar-refractivity contribution in [3.05, 3.63) is 58.9 Å². The van der Waals surface area contributed by atoms with E-state index in [0.29, 0.717) is 12.6 Å². The van der Waals surface area contributed by atoms with Crippen LogP contribution in [0.1, 0.15) is 43.4 Å². The Bertz CT molecular complexity index is 879. The monoisotopic (exact) mass is 380 g/mol. The van der Waals surface area contributed by atoms with Crippen LogP contribution in [-0.2, 0) is 24.2 Å². The average Bonchev–Trinajstić information content (AvgIpc) is 3.11. The van der Waals surface area contributed by atoms with E-state index < -0.39 is 0 Å². The molecule has 3 nitrogen and oxygen atoms in total. The van der Waals surface area contributed by atoms with Crippen LogP contribution in [0.15, 0.2) is 36.4 Å². The average molecular weight is 381 g/mol. The van der Waals surface area contributed by atoms with Gasteiger partial charge >= 0.3 is 0 Å². The van der Waals surface area contributed by atoms with Gasteiger partial charge in [-0.3, -0.25) is 4.79 Å². The van der Waals surface area contributed by atoms with Crippen molar-refractivity contribution in [1.82, 2.24) is 9.80 Å². The number of carbonyl (C=O) groups is 1. The number of hydrogen-bond donors (Lipinski definition) is 0. The maximum Gasteiger partial charge on any atom is 0.219 e. The van der Waals surface area contributed by atoms with Gasteiger partial charge in [-0.05, 0) is 73.0 Å². The van der Waals surface area contributed by atoms with E-state index >= 15 is 0 Å². The minimum absolute atomic E-state index is 0.107. The van der Waals surface area contributed by atoms with E-state index in [0.717, 1.165) is 49.2 Å². The summed E-state index contributed by atoms with van der Waals surface area (Å²) < 4.78 is 14.7. The molecule has 2 heterocycles. The topological polar surface area (TPSA) is 23.6 Å². The minimum atomic E-state index is -0.107. The standard InChI is InChI=1S/C24H29FN2O/c1-17-4-3-11-26(17)12-9-19-5-6-21(15-24(19)25)20-7-8-23-16-27(18(2)28)13-10-22(23)14-20/h5-8,14-15,17H,3-4,9-13,16H2,1-2H3/t17-/m1/s1. The molecule has 0 aromatic heterocycles. The molecule has 148 valence electrons. The van der Waals surface area contributed by atoms with Crippen LogP contribution in [0.3, 0.4) is 0 Å². The van der Waals surface area contributed by atoms with Gasteiger partial charge in [-0.2, -0.15) is 0 Å². The van der Waals surface area contributed by atoms with Gasteiger partial charge in [0.05, 0.1) is 0 Å². The third kappa shape index (κ3) is 3.97. The highest BCUT2D eigenvalue weighted by atomic mass is 19.1. The van der Waals surface area contributed by atoms with Gasteiger partial charge in [0.15, 0.2) is 0 Å². The summed E-state index contributed by atoms with van der Waals surface area (Å²) in [7, 11) is 0. The number of benzene rings is 2. The number of hydrogen-bond acceptors (Lipinski definition) is 2. The van der Waals surface area contributed by atoms with Crippen molar-refractivity contribution in [2.24, 2.45) is 0 Å². The first-order valence-corrected chi connectivity index (χ1v) is 10.4. The fourth-order valence-electron chi connectivity index (χ4n) is 4.52. The molecule has 4 heteroatoms. The summed E-state index contributed by atoms with van der Waals surface area (Å²) in [6.45, 7) is 7.38. The van der Waals surface area contributed by atoms with Crippen LogP contribution in [0, 0.1) is 5.82 Å². The molecule has 1 amide bonds. The molecule has 2 aromatic carbocycles. The van der Waals surface area contributed by atoms with E-state index in [1.54, 1.807) is 13.0 Å². The molecule has 2 aromatic rings. The number of halogens is 1. The molecule has 0 spiro atoms. The Morgan fingerprint density at radius 1 is 1.11 bits per heavy atom. The maximum atomic E-state index is 14.7. The smallest absolute Gasteiger partial charge is 0.219 e. The van der Waals surface area contributed by atoms with Crippen molar-refractivity contribution in [3.63, 3.8) is 0 Å². The summed E-state index contributed by atoms with van der Waals surface area (Å²) in [5.41, 5.74) is 5.24. The molecule has 0 radical (unpaired) electrons. The summed E-state index contributed by atoms with van der Waals surface area (Å²) in [4.78, 5) is 15.9. The highest BCUT2D eigenvalue weighted by Crippen LogP contribution is 2.28. The van der Waals surface area contributed by atoms with E-state index in [-0.39, 0.29) is 11.7 Å². The van der Waals surface area contributed by atoms with Crippen molar-refractivity contribution in [2.75, 3.05) is 19.6 Å². The third-order valence-corrected chi connectivity index (χ3v) is 6.41. The van der Waals surface area contributed by atoms with Crippen LogP contribution in [0.5, 0.6) is 0 Å². The quantitative estimate of drug-likeness (QED) is 0.784. The van der Waals surface area contributed by atoms with Gasteiger partial charge < -0.3 is 9.80 Å². The molecule has 1 fully saturated rings. The largest absolute Gasteiger partial charge is 0.338 e. The second kappa shape index (κ2) is 8.04.